The van der Waals surface area contributed by atoms with Gasteiger partial charge in [-0.1, -0.05) is 12.1 Å². The van der Waals surface area contributed by atoms with Gasteiger partial charge >= 0.3 is 0 Å². The number of para-hydroxylation sites is 2. The van der Waals surface area contributed by atoms with Crippen LogP contribution in [0.3, 0.4) is 0 Å². The van der Waals surface area contributed by atoms with Crippen molar-refractivity contribution in [3.63, 3.8) is 0 Å². The fourth-order valence-electron chi connectivity index (χ4n) is 3.02. The summed E-state index contributed by atoms with van der Waals surface area (Å²) < 4.78 is 5.39. The van der Waals surface area contributed by atoms with E-state index in [1.807, 2.05) is 24.3 Å². The smallest absolute Gasteiger partial charge is 0.258 e. The molecule has 2 fully saturated rings. The van der Waals surface area contributed by atoms with Gasteiger partial charge in [-0.2, -0.15) is 0 Å². The number of morpholine rings is 1. The molecule has 2 aromatic rings. The van der Waals surface area contributed by atoms with Gasteiger partial charge in [0.25, 0.3) is 11.8 Å². The third kappa shape index (κ3) is 2.03. The summed E-state index contributed by atoms with van der Waals surface area (Å²) in [5.74, 6) is 0.380. The normalized spacial score (nSPS) is 25.0. The van der Waals surface area contributed by atoms with Gasteiger partial charge in [0.15, 0.2) is 0 Å². The maximum absolute atomic E-state index is 12.1. The predicted molar refractivity (Wildman–Crippen MR) is 74.4 cm³/mol. The number of carbonyl (C=O) groups is 2. The maximum Gasteiger partial charge on any atom is 0.258 e. The van der Waals surface area contributed by atoms with Gasteiger partial charge in [0, 0.05) is 13.0 Å². The Hall–Kier alpha value is -2.21. The summed E-state index contributed by atoms with van der Waals surface area (Å²) in [6, 6.07) is 7.76. The van der Waals surface area contributed by atoms with Crippen LogP contribution in [0.5, 0.6) is 0 Å². The highest BCUT2D eigenvalue weighted by atomic mass is 16.5. The van der Waals surface area contributed by atoms with E-state index >= 15 is 0 Å². The number of ether oxygens (including phenoxy) is 1. The Morgan fingerprint density at radius 3 is 2.62 bits per heavy atom. The summed E-state index contributed by atoms with van der Waals surface area (Å²) in [6.07, 6.45) is 0.977. The van der Waals surface area contributed by atoms with Crippen molar-refractivity contribution >= 4 is 22.8 Å². The lowest BCUT2D eigenvalue weighted by Gasteiger charge is -2.29. The molecule has 0 aliphatic carbocycles. The zero-order valence-corrected chi connectivity index (χ0v) is 11.4. The molecule has 2 saturated heterocycles. The molecule has 2 aliphatic heterocycles. The minimum Gasteiger partial charge on any atom is -0.355 e. The van der Waals surface area contributed by atoms with Crippen molar-refractivity contribution in [1.82, 2.24) is 14.9 Å². The molecule has 21 heavy (non-hydrogen) atoms. The van der Waals surface area contributed by atoms with Crippen molar-refractivity contribution in [1.29, 1.82) is 0 Å². The van der Waals surface area contributed by atoms with Crippen LogP contribution < -0.4 is 0 Å². The topological polar surface area (TPSA) is 75.3 Å². The number of aromatic nitrogens is 2. The van der Waals surface area contributed by atoms with Gasteiger partial charge in [-0.15, -0.1) is 0 Å². The number of aromatic amines is 1. The number of rotatable bonds is 3. The third-order valence-electron chi connectivity index (χ3n) is 4.11. The molecule has 0 spiro atoms. The largest absolute Gasteiger partial charge is 0.355 e. The monoisotopic (exact) mass is 285 g/mol. The number of benzene rings is 1. The molecule has 3 heterocycles. The van der Waals surface area contributed by atoms with Gasteiger partial charge in [-0.05, 0) is 25.0 Å². The van der Waals surface area contributed by atoms with E-state index in [1.165, 1.54) is 4.90 Å². The fourth-order valence-corrected chi connectivity index (χ4v) is 3.02. The summed E-state index contributed by atoms with van der Waals surface area (Å²) in [7, 11) is 0. The van der Waals surface area contributed by atoms with Crippen LogP contribution >= 0.6 is 0 Å². The fraction of sp³-hybridized carbons (Fsp3) is 0.400. The molecule has 4 rings (SSSR count). The SMILES string of the molecule is O=C1C2CCC(O2)C(=O)N1CCc1nc2ccccc2[nH]1. The number of carbonyl (C=O) groups excluding carboxylic acids is 2. The number of hydrogen-bond donors (Lipinski definition) is 1. The van der Waals surface area contributed by atoms with E-state index in [0.717, 1.165) is 16.9 Å². The second kappa shape index (κ2) is 4.66. The molecular formula is C15H15N3O3. The molecule has 0 radical (unpaired) electrons. The van der Waals surface area contributed by atoms with Crippen LogP contribution in [0.2, 0.25) is 0 Å². The predicted octanol–water partition coefficient (Wildman–Crippen LogP) is 1.02. The quantitative estimate of drug-likeness (QED) is 0.854. The summed E-state index contributed by atoms with van der Waals surface area (Å²) in [5.41, 5.74) is 1.86. The molecule has 1 N–H and O–H groups in total. The van der Waals surface area contributed by atoms with Crippen LogP contribution in [0.4, 0.5) is 0 Å². The molecule has 2 atom stereocenters. The Bertz CT molecular complexity index is 669. The third-order valence-corrected chi connectivity index (χ3v) is 4.11. The highest BCUT2D eigenvalue weighted by Crippen LogP contribution is 2.28. The molecule has 1 aromatic carbocycles. The van der Waals surface area contributed by atoms with Gasteiger partial charge in [0.2, 0.25) is 0 Å². The summed E-state index contributed by atoms with van der Waals surface area (Å²) in [6.45, 7) is 0.355. The van der Waals surface area contributed by atoms with E-state index in [-0.39, 0.29) is 11.8 Å². The number of H-pyrrole nitrogens is 1. The van der Waals surface area contributed by atoms with E-state index in [0.29, 0.717) is 25.8 Å². The van der Waals surface area contributed by atoms with Crippen molar-refractivity contribution in [2.24, 2.45) is 0 Å². The van der Waals surface area contributed by atoms with Crippen molar-refractivity contribution < 1.29 is 14.3 Å². The van der Waals surface area contributed by atoms with E-state index in [9.17, 15) is 9.59 Å². The number of nitrogens with one attached hydrogen (secondary N) is 1. The second-order valence-electron chi connectivity index (χ2n) is 5.47. The van der Waals surface area contributed by atoms with E-state index < -0.39 is 12.2 Å². The molecule has 2 unspecified atom stereocenters. The molecule has 108 valence electrons. The summed E-state index contributed by atoms with van der Waals surface area (Å²) >= 11 is 0. The summed E-state index contributed by atoms with van der Waals surface area (Å²) in [4.78, 5) is 33.3. The van der Waals surface area contributed by atoms with Crippen LogP contribution in [0.1, 0.15) is 18.7 Å². The lowest BCUT2D eigenvalue weighted by atomic mass is 10.2. The minimum atomic E-state index is -0.427. The van der Waals surface area contributed by atoms with Crippen molar-refractivity contribution in [3.8, 4) is 0 Å². The van der Waals surface area contributed by atoms with E-state index in [2.05, 4.69) is 9.97 Å². The van der Waals surface area contributed by atoms with Gasteiger partial charge in [0.1, 0.15) is 18.0 Å². The lowest BCUT2D eigenvalue weighted by molar-refractivity contribution is -0.168. The highest BCUT2D eigenvalue weighted by molar-refractivity contribution is 6.02. The van der Waals surface area contributed by atoms with E-state index in [1.54, 1.807) is 0 Å². The number of nitrogens with zero attached hydrogens (tertiary/aromatic N) is 2. The molecule has 2 bridgehead atoms. The van der Waals surface area contributed by atoms with Gasteiger partial charge < -0.3 is 9.72 Å². The van der Waals surface area contributed by atoms with Gasteiger partial charge in [-0.3, -0.25) is 14.5 Å². The Morgan fingerprint density at radius 1 is 1.19 bits per heavy atom. The zero-order valence-electron chi connectivity index (χ0n) is 11.4. The number of amides is 2. The van der Waals surface area contributed by atoms with E-state index in [4.69, 9.17) is 4.74 Å². The second-order valence-corrected chi connectivity index (χ2v) is 5.47. The molecular weight excluding hydrogens is 270 g/mol. The average molecular weight is 285 g/mol. The average Bonchev–Trinajstić information content (AvgIpc) is 3.10. The first-order valence-electron chi connectivity index (χ1n) is 7.17. The molecule has 0 saturated carbocycles. The number of imide groups is 1. The Balaban J connectivity index is 1.51. The van der Waals surface area contributed by atoms with Crippen molar-refractivity contribution in [2.45, 2.75) is 31.5 Å². The first kappa shape index (κ1) is 12.5. The number of fused-ring (bicyclic) bond motifs is 3. The number of likely N-dealkylation sites (tertiary alicyclic amines) is 1. The van der Waals surface area contributed by atoms with Crippen molar-refractivity contribution in [2.75, 3.05) is 6.54 Å². The number of imidazole rings is 1. The van der Waals surface area contributed by atoms with Crippen LogP contribution in [0.25, 0.3) is 11.0 Å². The first-order valence-corrected chi connectivity index (χ1v) is 7.17. The van der Waals surface area contributed by atoms with Crippen LogP contribution in [0.15, 0.2) is 24.3 Å². The summed E-state index contributed by atoms with van der Waals surface area (Å²) in [5, 5.41) is 0. The Kier molecular flexibility index (Phi) is 2.78. The van der Waals surface area contributed by atoms with Crippen LogP contribution in [-0.2, 0) is 20.7 Å². The first-order chi connectivity index (χ1) is 10.2. The number of hydrogen-bond acceptors (Lipinski definition) is 4. The molecule has 2 amide bonds. The minimum absolute atomic E-state index is 0.204. The Morgan fingerprint density at radius 2 is 1.90 bits per heavy atom. The lowest BCUT2D eigenvalue weighted by Crippen LogP contribution is -2.52. The zero-order chi connectivity index (χ0) is 14.4. The standard InChI is InChI=1S/C15H15N3O3/c19-14-11-5-6-12(21-11)15(20)18(14)8-7-13-16-9-3-1-2-4-10(9)17-13/h1-4,11-12H,5-8H2,(H,16,17). The van der Waals surface area contributed by atoms with Crippen LogP contribution in [-0.4, -0.2) is 45.4 Å². The highest BCUT2D eigenvalue weighted by Gasteiger charge is 2.46. The molecule has 6 heteroatoms. The molecule has 1 aromatic heterocycles. The van der Waals surface area contributed by atoms with Crippen molar-refractivity contribution in [3.05, 3.63) is 30.1 Å². The maximum atomic E-state index is 12.1. The Labute approximate surface area is 121 Å². The molecule has 6 nitrogen and oxygen atoms in total. The van der Waals surface area contributed by atoms with Gasteiger partial charge in [0.05, 0.1) is 11.0 Å². The van der Waals surface area contributed by atoms with Gasteiger partial charge in [-0.25, -0.2) is 4.98 Å². The molecule has 2 aliphatic rings. The van der Waals surface area contributed by atoms with Crippen LogP contribution in [0, 0.1) is 0 Å².